The number of ether oxygens (including phenoxy) is 1. The van der Waals surface area contributed by atoms with Gasteiger partial charge in [-0.05, 0) is 60.7 Å². The molecule has 3 fully saturated rings. The third kappa shape index (κ3) is 4.26. The zero-order valence-electron chi connectivity index (χ0n) is 25.1. The summed E-state index contributed by atoms with van der Waals surface area (Å²) in [7, 11) is 2.64. The van der Waals surface area contributed by atoms with Gasteiger partial charge in [0, 0.05) is 24.1 Å². The molecule has 0 spiro atoms. The SMILES string of the molecule is COc1cc(C2C3=CCC4C(=O)N(c5ccc(C(=O)c6ccccc6)cc5)C(=O)C4C3CC3(Cl)C(=O)N(C)C(=O)C23Cl)cc(Cl)c1O. The lowest BCUT2D eigenvalue weighted by atomic mass is 9.56. The number of hydrogen-bond acceptors (Lipinski definition) is 7. The van der Waals surface area contributed by atoms with Crippen molar-refractivity contribution in [2.75, 3.05) is 19.1 Å². The van der Waals surface area contributed by atoms with Crippen LogP contribution >= 0.6 is 34.8 Å². The molecule has 4 amide bonds. The van der Waals surface area contributed by atoms with E-state index in [1.807, 2.05) is 6.07 Å². The van der Waals surface area contributed by atoms with Gasteiger partial charge in [-0.3, -0.25) is 33.8 Å². The summed E-state index contributed by atoms with van der Waals surface area (Å²) in [5, 5.41) is 10.4. The Kier molecular flexibility index (Phi) is 7.31. The minimum absolute atomic E-state index is 0.0157. The number of aromatic hydroxyl groups is 1. The minimum atomic E-state index is -2.01. The van der Waals surface area contributed by atoms with Gasteiger partial charge in [0.2, 0.25) is 11.8 Å². The van der Waals surface area contributed by atoms with Crippen LogP contribution in [0.4, 0.5) is 5.69 Å². The fourth-order valence-electron chi connectivity index (χ4n) is 7.81. The molecule has 240 valence electrons. The van der Waals surface area contributed by atoms with Gasteiger partial charge in [0.1, 0.15) is 0 Å². The molecule has 9 nitrogen and oxygen atoms in total. The Hall–Kier alpha value is -4.18. The Morgan fingerprint density at radius 3 is 2.23 bits per heavy atom. The number of hydrogen-bond donors (Lipinski definition) is 1. The highest BCUT2D eigenvalue weighted by Crippen LogP contribution is 2.65. The fraction of sp³-hybridized carbons (Fsp3) is 0.286. The quantitative estimate of drug-likeness (QED) is 0.163. The number of alkyl halides is 2. The first kappa shape index (κ1) is 31.4. The molecule has 47 heavy (non-hydrogen) atoms. The molecule has 6 unspecified atom stereocenters. The molecule has 12 heteroatoms. The van der Waals surface area contributed by atoms with Crippen LogP contribution in [0.5, 0.6) is 11.5 Å². The number of halogens is 3. The van der Waals surface area contributed by atoms with Crippen LogP contribution in [0.2, 0.25) is 5.02 Å². The molecular weight excluding hydrogens is 667 g/mol. The lowest BCUT2D eigenvalue weighted by Gasteiger charge is -2.50. The summed E-state index contributed by atoms with van der Waals surface area (Å²) >= 11 is 20.8. The number of likely N-dealkylation sites (tertiary alicyclic amines) is 1. The molecule has 2 saturated heterocycles. The molecule has 3 aromatic carbocycles. The van der Waals surface area contributed by atoms with Crippen molar-refractivity contribution in [3.05, 3.63) is 100 Å². The number of benzene rings is 3. The molecule has 3 aromatic rings. The lowest BCUT2D eigenvalue weighted by Crippen LogP contribution is -2.60. The van der Waals surface area contributed by atoms with Gasteiger partial charge in [0.25, 0.3) is 11.8 Å². The number of ketones is 1. The van der Waals surface area contributed by atoms with Crippen LogP contribution in [0.25, 0.3) is 0 Å². The first-order chi connectivity index (χ1) is 22.3. The maximum atomic E-state index is 14.3. The minimum Gasteiger partial charge on any atom is -0.503 e. The number of carbonyl (C=O) groups is 5. The number of phenolic OH excluding ortho intramolecular Hbond substituents is 1. The largest absolute Gasteiger partial charge is 0.503 e. The van der Waals surface area contributed by atoms with Crippen LogP contribution in [0.3, 0.4) is 0 Å². The van der Waals surface area contributed by atoms with Crippen molar-refractivity contribution in [1.82, 2.24) is 4.90 Å². The van der Waals surface area contributed by atoms with E-state index in [9.17, 15) is 29.1 Å². The molecule has 2 heterocycles. The van der Waals surface area contributed by atoms with Gasteiger partial charge >= 0.3 is 0 Å². The number of allylic oxidation sites excluding steroid dienone is 2. The van der Waals surface area contributed by atoms with Crippen LogP contribution in [0.1, 0.15) is 40.2 Å². The van der Waals surface area contributed by atoms with E-state index in [0.29, 0.717) is 28.0 Å². The first-order valence-corrected chi connectivity index (χ1v) is 16.0. The van der Waals surface area contributed by atoms with Gasteiger partial charge in [-0.2, -0.15) is 0 Å². The second-order valence-electron chi connectivity index (χ2n) is 12.3. The maximum Gasteiger partial charge on any atom is 0.253 e. The highest BCUT2D eigenvalue weighted by atomic mass is 35.5. The average Bonchev–Trinajstić information content (AvgIpc) is 3.40. The predicted molar refractivity (Wildman–Crippen MR) is 174 cm³/mol. The number of phenols is 1. The van der Waals surface area contributed by atoms with Crippen molar-refractivity contribution >= 4 is 69.9 Å². The highest BCUT2D eigenvalue weighted by Gasteiger charge is 2.76. The average molecular weight is 694 g/mol. The Morgan fingerprint density at radius 1 is 0.915 bits per heavy atom. The van der Waals surface area contributed by atoms with Gasteiger partial charge < -0.3 is 9.84 Å². The van der Waals surface area contributed by atoms with E-state index in [2.05, 4.69) is 0 Å². The molecular formula is C35H27Cl3N2O7. The third-order valence-electron chi connectivity index (χ3n) is 10.0. The van der Waals surface area contributed by atoms with Crippen LogP contribution in [-0.4, -0.2) is 63.3 Å². The van der Waals surface area contributed by atoms with Crippen LogP contribution in [0.15, 0.2) is 78.4 Å². The standard InChI is InChI=1S/C35H27Cl3N2O7/c1-39-32(45)34(37)16-23-21(27(35(34,38)33(39)46)19-14-24(36)29(42)25(15-19)47-2)12-13-22-26(23)31(44)40(30(22)43)20-10-8-18(9-11-20)28(41)17-6-4-3-5-7-17/h3-12,14-15,22-23,26-27,42H,13,16H2,1-2H3. The zero-order chi connectivity index (χ0) is 33.6. The van der Waals surface area contributed by atoms with Gasteiger partial charge in [0.15, 0.2) is 27.0 Å². The molecule has 4 aliphatic rings. The number of rotatable bonds is 5. The van der Waals surface area contributed by atoms with E-state index in [-0.39, 0.29) is 35.1 Å². The van der Waals surface area contributed by atoms with E-state index in [1.54, 1.807) is 54.6 Å². The Labute approximate surface area is 284 Å². The second-order valence-corrected chi connectivity index (χ2v) is 14.0. The first-order valence-electron chi connectivity index (χ1n) is 14.9. The smallest absolute Gasteiger partial charge is 0.253 e. The molecule has 2 aliphatic heterocycles. The number of imide groups is 2. The predicted octanol–water partition coefficient (Wildman–Crippen LogP) is 5.48. The Morgan fingerprint density at radius 2 is 1.57 bits per heavy atom. The third-order valence-corrected chi connectivity index (χ3v) is 11.7. The van der Waals surface area contributed by atoms with E-state index in [1.165, 1.54) is 26.3 Å². The van der Waals surface area contributed by atoms with Gasteiger partial charge in [-0.15, -0.1) is 23.2 Å². The molecule has 0 aromatic heterocycles. The van der Waals surface area contributed by atoms with Crippen LogP contribution in [0, 0.1) is 17.8 Å². The number of carbonyl (C=O) groups excluding carboxylic acids is 5. The van der Waals surface area contributed by atoms with Crippen molar-refractivity contribution in [1.29, 1.82) is 0 Å². The number of methoxy groups -OCH3 is 1. The number of amides is 4. The monoisotopic (exact) mass is 692 g/mol. The van der Waals surface area contributed by atoms with E-state index in [0.717, 1.165) is 9.80 Å². The van der Waals surface area contributed by atoms with E-state index >= 15 is 0 Å². The second kappa shape index (κ2) is 10.9. The number of fused-ring (bicyclic) bond motifs is 4. The number of anilines is 1. The molecule has 0 bridgehead atoms. The summed E-state index contributed by atoms with van der Waals surface area (Å²) in [5.41, 5.74) is 2.14. The topological polar surface area (TPSA) is 121 Å². The summed E-state index contributed by atoms with van der Waals surface area (Å²) in [6.07, 6.45) is 1.80. The van der Waals surface area contributed by atoms with E-state index in [4.69, 9.17) is 39.5 Å². The number of nitrogens with zero attached hydrogens (tertiary/aromatic N) is 2. The van der Waals surface area contributed by atoms with Crippen molar-refractivity contribution in [2.45, 2.75) is 28.5 Å². The van der Waals surface area contributed by atoms with Crippen molar-refractivity contribution in [2.24, 2.45) is 17.8 Å². The maximum absolute atomic E-state index is 14.3. The molecule has 2 aliphatic carbocycles. The van der Waals surface area contributed by atoms with Gasteiger partial charge in [-0.1, -0.05) is 53.6 Å². The summed E-state index contributed by atoms with van der Waals surface area (Å²) < 4.78 is 5.32. The highest BCUT2D eigenvalue weighted by molar-refractivity contribution is 6.53. The zero-order valence-corrected chi connectivity index (χ0v) is 27.3. The molecule has 7 rings (SSSR count). The Bertz CT molecular complexity index is 1930. The summed E-state index contributed by atoms with van der Waals surface area (Å²) in [5.74, 6) is -6.30. The Balaban J connectivity index is 1.30. The van der Waals surface area contributed by atoms with Gasteiger partial charge in [-0.25, -0.2) is 0 Å². The van der Waals surface area contributed by atoms with E-state index < -0.39 is 57.0 Å². The molecule has 6 atom stereocenters. The summed E-state index contributed by atoms with van der Waals surface area (Å²) in [6.45, 7) is 0. The summed E-state index contributed by atoms with van der Waals surface area (Å²) in [6, 6.07) is 17.9. The van der Waals surface area contributed by atoms with Crippen molar-refractivity contribution in [3.63, 3.8) is 0 Å². The lowest BCUT2D eigenvalue weighted by molar-refractivity contribution is -0.138. The molecule has 0 radical (unpaired) electrons. The van der Waals surface area contributed by atoms with Crippen molar-refractivity contribution in [3.8, 4) is 11.5 Å². The van der Waals surface area contributed by atoms with Crippen LogP contribution < -0.4 is 9.64 Å². The normalized spacial score (nSPS) is 29.8. The molecule has 1 N–H and O–H groups in total. The summed E-state index contributed by atoms with van der Waals surface area (Å²) in [4.78, 5) is 66.6. The fourth-order valence-corrected chi connectivity index (χ4v) is 9.05. The molecule has 1 saturated carbocycles. The van der Waals surface area contributed by atoms with Gasteiger partial charge in [0.05, 0.1) is 29.7 Å². The van der Waals surface area contributed by atoms with Crippen LogP contribution in [-0.2, 0) is 19.2 Å². The van der Waals surface area contributed by atoms with Crippen molar-refractivity contribution < 1.29 is 33.8 Å².